The van der Waals surface area contributed by atoms with Crippen molar-refractivity contribution in [3.63, 3.8) is 0 Å². The zero-order valence-corrected chi connectivity index (χ0v) is 17.6. The monoisotopic (exact) mass is 405 g/mol. The number of rotatable bonds is 8. The van der Waals surface area contributed by atoms with Crippen LogP contribution in [0.4, 0.5) is 0 Å². The predicted octanol–water partition coefficient (Wildman–Crippen LogP) is 4.21. The first-order valence-electron chi connectivity index (χ1n) is 10.1. The Labute approximate surface area is 176 Å². The summed E-state index contributed by atoms with van der Waals surface area (Å²) in [5, 5.41) is 6.72. The van der Waals surface area contributed by atoms with Gasteiger partial charge in [-0.25, -0.2) is 0 Å². The fourth-order valence-electron chi connectivity index (χ4n) is 3.08. The van der Waals surface area contributed by atoms with Crippen LogP contribution in [0.1, 0.15) is 51.6 Å². The zero-order valence-electron chi connectivity index (χ0n) is 17.6. The zero-order chi connectivity index (χ0) is 21.5. The lowest BCUT2D eigenvalue weighted by molar-refractivity contribution is 0.0705. The molecule has 2 amide bonds. The third-order valence-corrected chi connectivity index (χ3v) is 4.61. The normalized spacial score (nSPS) is 10.8. The van der Waals surface area contributed by atoms with Crippen molar-refractivity contribution in [3.05, 3.63) is 88.8 Å². The van der Waals surface area contributed by atoms with E-state index in [9.17, 15) is 9.59 Å². The number of aromatic nitrogens is 1. The molecule has 0 radical (unpaired) electrons. The van der Waals surface area contributed by atoms with Crippen LogP contribution in [-0.2, 0) is 13.1 Å². The molecule has 0 bridgehead atoms. The number of carbonyl (C=O) groups excluding carboxylic acids is 2. The maximum atomic E-state index is 12.9. The standard InChI is InChI=1S/C24H27N3O3/c1-17(2)15-27(24(29)20-7-5-4-6-8-20)16-21-13-22(26-30-21)23(28)25-14-19-11-9-18(3)10-12-19/h4-13,17H,14-16H2,1-3H3,(H,25,28). The molecule has 1 aromatic heterocycles. The van der Waals surface area contributed by atoms with E-state index < -0.39 is 0 Å². The lowest BCUT2D eigenvalue weighted by Crippen LogP contribution is -2.33. The molecule has 1 N–H and O–H groups in total. The van der Waals surface area contributed by atoms with Gasteiger partial charge in [0.25, 0.3) is 11.8 Å². The van der Waals surface area contributed by atoms with Gasteiger partial charge in [0.1, 0.15) is 0 Å². The first-order chi connectivity index (χ1) is 14.4. The van der Waals surface area contributed by atoms with Crippen LogP contribution in [0.25, 0.3) is 0 Å². The van der Waals surface area contributed by atoms with Crippen molar-refractivity contribution >= 4 is 11.8 Å². The number of benzene rings is 2. The van der Waals surface area contributed by atoms with Crippen molar-refractivity contribution in [1.29, 1.82) is 0 Å². The lowest BCUT2D eigenvalue weighted by Gasteiger charge is -2.23. The summed E-state index contributed by atoms with van der Waals surface area (Å²) < 4.78 is 5.35. The second-order valence-electron chi connectivity index (χ2n) is 7.79. The third-order valence-electron chi connectivity index (χ3n) is 4.61. The van der Waals surface area contributed by atoms with E-state index >= 15 is 0 Å². The topological polar surface area (TPSA) is 75.4 Å². The number of nitrogens with zero attached hydrogens (tertiary/aromatic N) is 2. The van der Waals surface area contributed by atoms with Gasteiger partial charge in [0, 0.05) is 24.7 Å². The fourth-order valence-corrected chi connectivity index (χ4v) is 3.08. The molecule has 6 nitrogen and oxygen atoms in total. The van der Waals surface area contributed by atoms with Gasteiger partial charge < -0.3 is 14.7 Å². The highest BCUT2D eigenvalue weighted by atomic mass is 16.5. The summed E-state index contributed by atoms with van der Waals surface area (Å²) in [4.78, 5) is 27.0. The van der Waals surface area contributed by atoms with Crippen molar-refractivity contribution in [2.75, 3.05) is 6.54 Å². The van der Waals surface area contributed by atoms with Gasteiger partial charge in [0.2, 0.25) is 0 Å². The molecule has 30 heavy (non-hydrogen) atoms. The van der Waals surface area contributed by atoms with E-state index in [-0.39, 0.29) is 30.0 Å². The number of hydrogen-bond donors (Lipinski definition) is 1. The van der Waals surface area contributed by atoms with Crippen molar-refractivity contribution in [2.45, 2.75) is 33.9 Å². The van der Waals surface area contributed by atoms with Gasteiger partial charge in [-0.05, 0) is 30.5 Å². The van der Waals surface area contributed by atoms with E-state index in [4.69, 9.17) is 4.52 Å². The Kier molecular flexibility index (Phi) is 7.01. The van der Waals surface area contributed by atoms with Gasteiger partial charge in [-0.15, -0.1) is 0 Å². The van der Waals surface area contributed by atoms with E-state index in [1.807, 2.05) is 49.4 Å². The van der Waals surface area contributed by atoms with E-state index in [2.05, 4.69) is 24.3 Å². The Balaban J connectivity index is 1.64. The number of carbonyl (C=O) groups is 2. The van der Waals surface area contributed by atoms with Crippen LogP contribution in [0, 0.1) is 12.8 Å². The molecular formula is C24H27N3O3. The highest BCUT2D eigenvalue weighted by Gasteiger charge is 2.20. The summed E-state index contributed by atoms with van der Waals surface area (Å²) in [6.45, 7) is 7.36. The van der Waals surface area contributed by atoms with E-state index in [0.717, 1.165) is 5.56 Å². The molecule has 0 aliphatic rings. The number of amides is 2. The van der Waals surface area contributed by atoms with Crippen LogP contribution in [0.5, 0.6) is 0 Å². The SMILES string of the molecule is Cc1ccc(CNC(=O)c2cc(CN(CC(C)C)C(=O)c3ccccc3)on2)cc1. The molecule has 6 heteroatoms. The van der Waals surface area contributed by atoms with Crippen molar-refractivity contribution < 1.29 is 14.1 Å². The Morgan fingerprint density at radius 3 is 2.43 bits per heavy atom. The quantitative estimate of drug-likeness (QED) is 0.609. The first-order valence-corrected chi connectivity index (χ1v) is 10.1. The molecule has 0 aliphatic carbocycles. The minimum absolute atomic E-state index is 0.0777. The van der Waals surface area contributed by atoms with Gasteiger partial charge >= 0.3 is 0 Å². The summed E-state index contributed by atoms with van der Waals surface area (Å²) in [5.41, 5.74) is 3.00. The Bertz CT molecular complexity index is 978. The molecule has 2 aromatic carbocycles. The molecule has 0 saturated heterocycles. The van der Waals surface area contributed by atoms with E-state index in [0.29, 0.717) is 24.4 Å². The Hall–Kier alpha value is -3.41. The smallest absolute Gasteiger partial charge is 0.273 e. The molecule has 1 heterocycles. The molecular weight excluding hydrogens is 378 g/mol. The van der Waals surface area contributed by atoms with Crippen LogP contribution >= 0.6 is 0 Å². The van der Waals surface area contributed by atoms with Crippen LogP contribution in [0.3, 0.4) is 0 Å². The minimum atomic E-state index is -0.310. The molecule has 0 fully saturated rings. The highest BCUT2D eigenvalue weighted by molar-refractivity contribution is 5.94. The van der Waals surface area contributed by atoms with Crippen molar-refractivity contribution in [2.24, 2.45) is 5.92 Å². The predicted molar refractivity (Wildman–Crippen MR) is 115 cm³/mol. The summed E-state index contributed by atoms with van der Waals surface area (Å²) >= 11 is 0. The van der Waals surface area contributed by atoms with Crippen LogP contribution in [0.2, 0.25) is 0 Å². The average molecular weight is 405 g/mol. The lowest BCUT2D eigenvalue weighted by atomic mass is 10.1. The highest BCUT2D eigenvalue weighted by Crippen LogP contribution is 2.14. The van der Waals surface area contributed by atoms with E-state index in [1.165, 1.54) is 5.56 Å². The van der Waals surface area contributed by atoms with Crippen LogP contribution in [-0.4, -0.2) is 28.4 Å². The van der Waals surface area contributed by atoms with Crippen molar-refractivity contribution in [3.8, 4) is 0 Å². The summed E-state index contributed by atoms with van der Waals surface area (Å²) in [7, 11) is 0. The number of nitrogens with one attached hydrogen (secondary N) is 1. The van der Waals surface area contributed by atoms with Crippen molar-refractivity contribution in [1.82, 2.24) is 15.4 Å². The number of aryl methyl sites for hydroxylation is 1. The molecule has 3 aromatic rings. The van der Waals surface area contributed by atoms with E-state index in [1.54, 1.807) is 23.1 Å². The number of hydrogen-bond acceptors (Lipinski definition) is 4. The van der Waals surface area contributed by atoms with Crippen LogP contribution < -0.4 is 5.32 Å². The summed E-state index contributed by atoms with van der Waals surface area (Å²) in [5.74, 6) is 0.375. The fraction of sp³-hybridized carbons (Fsp3) is 0.292. The van der Waals surface area contributed by atoms with Gasteiger partial charge in [0.05, 0.1) is 6.54 Å². The molecule has 0 atom stereocenters. The summed E-state index contributed by atoms with van der Waals surface area (Å²) in [6.07, 6.45) is 0. The maximum Gasteiger partial charge on any atom is 0.273 e. The average Bonchev–Trinajstić information content (AvgIpc) is 3.21. The third kappa shape index (κ3) is 5.80. The molecule has 0 saturated carbocycles. The minimum Gasteiger partial charge on any atom is -0.359 e. The molecule has 156 valence electrons. The van der Waals surface area contributed by atoms with Gasteiger partial charge in [-0.1, -0.05) is 67.0 Å². The van der Waals surface area contributed by atoms with Gasteiger partial charge in [0.15, 0.2) is 11.5 Å². The molecule has 0 spiro atoms. The first kappa shape index (κ1) is 21.3. The van der Waals surface area contributed by atoms with Crippen LogP contribution in [0.15, 0.2) is 65.2 Å². The van der Waals surface area contributed by atoms with Gasteiger partial charge in [-0.3, -0.25) is 9.59 Å². The summed E-state index contributed by atoms with van der Waals surface area (Å²) in [6, 6.07) is 18.7. The Morgan fingerprint density at radius 2 is 1.77 bits per heavy atom. The molecule has 0 aliphatic heterocycles. The molecule has 3 rings (SSSR count). The van der Waals surface area contributed by atoms with Gasteiger partial charge in [-0.2, -0.15) is 0 Å². The maximum absolute atomic E-state index is 12.9. The second-order valence-corrected chi connectivity index (χ2v) is 7.79. The molecule has 0 unspecified atom stereocenters. The Morgan fingerprint density at radius 1 is 1.07 bits per heavy atom. The second kappa shape index (κ2) is 9.87. The largest absolute Gasteiger partial charge is 0.359 e.